The highest BCUT2D eigenvalue weighted by Gasteiger charge is 2.19. The summed E-state index contributed by atoms with van der Waals surface area (Å²) in [6.45, 7) is 5.12. The fourth-order valence-corrected chi connectivity index (χ4v) is 3.36. The zero-order valence-corrected chi connectivity index (χ0v) is 13.0. The molecule has 1 unspecified atom stereocenters. The molecular weight excluding hydrogens is 264 g/mol. The van der Waals surface area contributed by atoms with Crippen molar-refractivity contribution in [2.24, 2.45) is 0 Å². The third-order valence-corrected chi connectivity index (χ3v) is 5.21. The van der Waals surface area contributed by atoms with Gasteiger partial charge in [0, 0.05) is 23.7 Å². The van der Waals surface area contributed by atoms with E-state index in [2.05, 4.69) is 46.9 Å². The number of thiazole rings is 1. The van der Waals surface area contributed by atoms with E-state index in [1.807, 2.05) is 6.92 Å². The molecule has 1 heterocycles. The van der Waals surface area contributed by atoms with Gasteiger partial charge in [0.1, 0.15) is 5.01 Å². The molecule has 0 spiro atoms. The second-order valence-electron chi connectivity index (χ2n) is 5.78. The van der Waals surface area contributed by atoms with Crippen molar-refractivity contribution >= 4 is 11.3 Å². The van der Waals surface area contributed by atoms with E-state index >= 15 is 0 Å². The molecule has 2 aromatic rings. The maximum absolute atomic E-state index is 4.49. The SMILES string of the molecule is Cc1csc(CNC(C)c2ccc(C3CCC3)cc2)n1. The van der Waals surface area contributed by atoms with E-state index in [9.17, 15) is 0 Å². The zero-order valence-electron chi connectivity index (χ0n) is 12.2. The number of nitrogens with one attached hydrogen (secondary N) is 1. The molecule has 1 fully saturated rings. The van der Waals surface area contributed by atoms with Crippen LogP contribution in [0.2, 0.25) is 0 Å². The van der Waals surface area contributed by atoms with E-state index in [4.69, 9.17) is 0 Å². The number of hydrogen-bond acceptors (Lipinski definition) is 3. The average molecular weight is 286 g/mol. The van der Waals surface area contributed by atoms with Crippen LogP contribution in [-0.2, 0) is 6.54 Å². The molecule has 0 aliphatic heterocycles. The molecule has 1 aromatic carbocycles. The van der Waals surface area contributed by atoms with E-state index in [-0.39, 0.29) is 0 Å². The van der Waals surface area contributed by atoms with Crippen molar-refractivity contribution in [3.8, 4) is 0 Å². The predicted octanol–water partition coefficient (Wildman–Crippen LogP) is 4.57. The summed E-state index contributed by atoms with van der Waals surface area (Å²) in [5.41, 5.74) is 3.99. The van der Waals surface area contributed by atoms with Crippen molar-refractivity contribution in [3.05, 3.63) is 51.5 Å². The van der Waals surface area contributed by atoms with Gasteiger partial charge in [-0.3, -0.25) is 0 Å². The van der Waals surface area contributed by atoms with Crippen molar-refractivity contribution < 1.29 is 0 Å². The summed E-state index contributed by atoms with van der Waals surface area (Å²) in [6, 6.07) is 9.54. The van der Waals surface area contributed by atoms with Gasteiger partial charge < -0.3 is 5.32 Å². The molecule has 3 rings (SSSR count). The molecule has 1 N–H and O–H groups in total. The summed E-state index contributed by atoms with van der Waals surface area (Å²) in [7, 11) is 0. The van der Waals surface area contributed by atoms with Gasteiger partial charge in [0.15, 0.2) is 0 Å². The van der Waals surface area contributed by atoms with Crippen LogP contribution in [0.15, 0.2) is 29.6 Å². The van der Waals surface area contributed by atoms with Gasteiger partial charge in [0.25, 0.3) is 0 Å². The lowest BCUT2D eigenvalue weighted by Gasteiger charge is -2.26. The monoisotopic (exact) mass is 286 g/mol. The molecular formula is C17H22N2S. The highest BCUT2D eigenvalue weighted by molar-refractivity contribution is 7.09. The first-order chi connectivity index (χ1) is 9.72. The van der Waals surface area contributed by atoms with Crippen LogP contribution >= 0.6 is 11.3 Å². The van der Waals surface area contributed by atoms with E-state index in [1.165, 1.54) is 35.4 Å². The van der Waals surface area contributed by atoms with Gasteiger partial charge in [-0.15, -0.1) is 11.3 Å². The first kappa shape index (κ1) is 13.8. The predicted molar refractivity (Wildman–Crippen MR) is 85.1 cm³/mol. The van der Waals surface area contributed by atoms with Gasteiger partial charge in [-0.2, -0.15) is 0 Å². The Balaban J connectivity index is 1.57. The van der Waals surface area contributed by atoms with Crippen LogP contribution in [0.25, 0.3) is 0 Å². The highest BCUT2D eigenvalue weighted by atomic mass is 32.1. The average Bonchev–Trinajstić information content (AvgIpc) is 2.81. The maximum atomic E-state index is 4.49. The molecule has 20 heavy (non-hydrogen) atoms. The van der Waals surface area contributed by atoms with Crippen LogP contribution in [0.3, 0.4) is 0 Å². The van der Waals surface area contributed by atoms with Gasteiger partial charge in [-0.25, -0.2) is 4.98 Å². The molecule has 1 aromatic heterocycles. The van der Waals surface area contributed by atoms with E-state index in [0.717, 1.165) is 18.2 Å². The summed E-state index contributed by atoms with van der Waals surface area (Å²) >= 11 is 1.73. The van der Waals surface area contributed by atoms with E-state index in [0.29, 0.717) is 6.04 Å². The van der Waals surface area contributed by atoms with Crippen molar-refractivity contribution in [1.82, 2.24) is 10.3 Å². The molecule has 1 atom stereocenters. The van der Waals surface area contributed by atoms with Crippen LogP contribution < -0.4 is 5.32 Å². The van der Waals surface area contributed by atoms with Crippen molar-refractivity contribution in [2.75, 3.05) is 0 Å². The summed E-state index contributed by atoms with van der Waals surface area (Å²) in [5, 5.41) is 6.83. The lowest BCUT2D eigenvalue weighted by atomic mass is 9.80. The van der Waals surface area contributed by atoms with Crippen molar-refractivity contribution in [1.29, 1.82) is 0 Å². The fourth-order valence-electron chi connectivity index (χ4n) is 2.64. The Labute approximate surface area is 125 Å². The molecule has 0 saturated heterocycles. The zero-order chi connectivity index (χ0) is 13.9. The first-order valence-electron chi connectivity index (χ1n) is 7.46. The third-order valence-electron chi connectivity index (χ3n) is 4.24. The van der Waals surface area contributed by atoms with Gasteiger partial charge in [0.2, 0.25) is 0 Å². The molecule has 0 radical (unpaired) electrons. The maximum Gasteiger partial charge on any atom is 0.107 e. The molecule has 3 heteroatoms. The fraction of sp³-hybridized carbons (Fsp3) is 0.471. The van der Waals surface area contributed by atoms with Gasteiger partial charge in [-0.1, -0.05) is 30.7 Å². The number of nitrogens with zero attached hydrogens (tertiary/aromatic N) is 1. The Hall–Kier alpha value is -1.19. The summed E-state index contributed by atoms with van der Waals surface area (Å²) < 4.78 is 0. The van der Waals surface area contributed by atoms with Gasteiger partial charge >= 0.3 is 0 Å². The largest absolute Gasteiger partial charge is 0.304 e. The topological polar surface area (TPSA) is 24.9 Å². The smallest absolute Gasteiger partial charge is 0.107 e. The normalized spacial score (nSPS) is 16.9. The lowest BCUT2D eigenvalue weighted by molar-refractivity contribution is 0.419. The number of rotatable bonds is 5. The van der Waals surface area contributed by atoms with Crippen LogP contribution in [0.1, 0.15) is 60.0 Å². The summed E-state index contributed by atoms with van der Waals surface area (Å²) in [6.07, 6.45) is 4.14. The second kappa shape index (κ2) is 6.06. The Kier molecular flexibility index (Phi) is 4.18. The summed E-state index contributed by atoms with van der Waals surface area (Å²) in [5.74, 6) is 0.825. The Morgan fingerprint density at radius 3 is 2.60 bits per heavy atom. The third kappa shape index (κ3) is 3.10. The Morgan fingerprint density at radius 2 is 2.05 bits per heavy atom. The van der Waals surface area contributed by atoms with Crippen LogP contribution in [0.4, 0.5) is 0 Å². The lowest BCUT2D eigenvalue weighted by Crippen LogP contribution is -2.18. The van der Waals surface area contributed by atoms with Crippen LogP contribution in [0, 0.1) is 6.92 Å². The van der Waals surface area contributed by atoms with Crippen LogP contribution in [0.5, 0.6) is 0 Å². The minimum atomic E-state index is 0.370. The number of aromatic nitrogens is 1. The highest BCUT2D eigenvalue weighted by Crippen LogP contribution is 2.36. The molecule has 2 nitrogen and oxygen atoms in total. The summed E-state index contributed by atoms with van der Waals surface area (Å²) in [4.78, 5) is 4.49. The number of benzene rings is 1. The minimum Gasteiger partial charge on any atom is -0.304 e. The molecule has 106 valence electrons. The minimum absolute atomic E-state index is 0.370. The molecule has 1 aliphatic rings. The first-order valence-corrected chi connectivity index (χ1v) is 8.34. The van der Waals surface area contributed by atoms with E-state index < -0.39 is 0 Å². The molecule has 1 aliphatic carbocycles. The number of aryl methyl sites for hydroxylation is 1. The van der Waals surface area contributed by atoms with E-state index in [1.54, 1.807) is 11.3 Å². The Morgan fingerprint density at radius 1 is 1.30 bits per heavy atom. The molecule has 1 saturated carbocycles. The second-order valence-corrected chi connectivity index (χ2v) is 6.72. The number of hydrogen-bond donors (Lipinski definition) is 1. The van der Waals surface area contributed by atoms with Crippen molar-refractivity contribution in [2.45, 2.75) is 51.6 Å². The van der Waals surface area contributed by atoms with Crippen LogP contribution in [-0.4, -0.2) is 4.98 Å². The Bertz CT molecular complexity index is 555. The quantitative estimate of drug-likeness (QED) is 0.871. The molecule has 0 bridgehead atoms. The van der Waals surface area contributed by atoms with Gasteiger partial charge in [-0.05, 0) is 43.7 Å². The molecule has 0 amide bonds. The van der Waals surface area contributed by atoms with Gasteiger partial charge in [0.05, 0.1) is 0 Å². The van der Waals surface area contributed by atoms with Crippen molar-refractivity contribution in [3.63, 3.8) is 0 Å². The standard InChI is InChI=1S/C17H22N2S/c1-12-11-20-17(19-12)10-18-13(2)14-6-8-16(9-7-14)15-4-3-5-15/h6-9,11,13,15,18H,3-5,10H2,1-2H3.